The Morgan fingerprint density at radius 2 is 2.36 bits per heavy atom. The van der Waals surface area contributed by atoms with Gasteiger partial charge >= 0.3 is 12.0 Å². The molecule has 0 aliphatic rings. The fraction of sp³-hybridized carbons (Fsp3) is 0.375. The van der Waals surface area contributed by atoms with Crippen molar-refractivity contribution in [3.8, 4) is 6.01 Å². The lowest BCUT2D eigenvalue weighted by atomic mass is 10.4. The van der Waals surface area contributed by atoms with Crippen LogP contribution in [0.1, 0.15) is 17.4 Å². The second kappa shape index (κ2) is 5.08. The Morgan fingerprint density at radius 1 is 1.64 bits per heavy atom. The molecule has 14 heavy (non-hydrogen) atoms. The molecule has 0 radical (unpaired) electrons. The number of methoxy groups -OCH3 is 1. The van der Waals surface area contributed by atoms with E-state index in [2.05, 4.69) is 9.97 Å². The summed E-state index contributed by atoms with van der Waals surface area (Å²) in [5.74, 6) is -0.461. The maximum absolute atomic E-state index is 11.4. The summed E-state index contributed by atoms with van der Waals surface area (Å²) in [5.41, 5.74) is 0.235. The van der Waals surface area contributed by atoms with Crippen molar-refractivity contribution in [2.45, 2.75) is 6.92 Å². The summed E-state index contributed by atoms with van der Waals surface area (Å²) in [6, 6.07) is 0.161. The molecule has 5 nitrogen and oxygen atoms in total. The van der Waals surface area contributed by atoms with E-state index in [-0.39, 0.29) is 11.7 Å². The Kier molecular flexibility index (Phi) is 4.05. The topological polar surface area (TPSA) is 61.3 Å². The van der Waals surface area contributed by atoms with E-state index in [0.29, 0.717) is 10.2 Å². The van der Waals surface area contributed by atoms with Gasteiger partial charge in [-0.3, -0.25) is 0 Å². The Morgan fingerprint density at radius 3 is 2.93 bits per heavy atom. The Bertz CT molecular complexity index is 343. The van der Waals surface area contributed by atoms with Crippen LogP contribution in [0.25, 0.3) is 0 Å². The number of nitrogens with zero attached hydrogens (tertiary/aromatic N) is 2. The summed E-state index contributed by atoms with van der Waals surface area (Å²) in [7, 11) is 1.44. The van der Waals surface area contributed by atoms with Crippen molar-refractivity contribution in [3.05, 3.63) is 15.5 Å². The summed E-state index contributed by atoms with van der Waals surface area (Å²) in [6.07, 6.45) is 1.51. The quantitative estimate of drug-likeness (QED) is 0.621. The first-order chi connectivity index (χ1) is 6.69. The molecule has 0 N–H and O–H groups in total. The van der Waals surface area contributed by atoms with Crippen LogP contribution in [0.15, 0.2) is 6.20 Å². The molecule has 0 amide bonds. The van der Waals surface area contributed by atoms with Crippen molar-refractivity contribution in [1.82, 2.24) is 9.97 Å². The molecule has 1 aromatic rings. The van der Waals surface area contributed by atoms with E-state index >= 15 is 0 Å². The van der Waals surface area contributed by atoms with Gasteiger partial charge in [-0.15, -0.1) is 0 Å². The molecule has 0 bridgehead atoms. The number of aromatic nitrogens is 2. The van der Waals surface area contributed by atoms with Crippen molar-refractivity contribution in [1.29, 1.82) is 0 Å². The standard InChI is InChI=1S/C8H9IN2O3/c1-3-14-7(12)6-5(9)4-10-8(11-6)13-2/h4H,3H2,1-2H3. The van der Waals surface area contributed by atoms with Crippen LogP contribution in [0.4, 0.5) is 0 Å². The van der Waals surface area contributed by atoms with Crippen LogP contribution in [-0.4, -0.2) is 29.7 Å². The fourth-order valence-corrected chi connectivity index (χ4v) is 1.27. The van der Waals surface area contributed by atoms with Crippen molar-refractivity contribution < 1.29 is 14.3 Å². The molecular weight excluding hydrogens is 299 g/mol. The van der Waals surface area contributed by atoms with Gasteiger partial charge in [-0.25, -0.2) is 9.78 Å². The van der Waals surface area contributed by atoms with E-state index in [1.165, 1.54) is 13.3 Å². The van der Waals surface area contributed by atoms with Gasteiger partial charge < -0.3 is 9.47 Å². The minimum atomic E-state index is -0.461. The van der Waals surface area contributed by atoms with Crippen molar-refractivity contribution in [2.24, 2.45) is 0 Å². The van der Waals surface area contributed by atoms with Crippen LogP contribution in [-0.2, 0) is 4.74 Å². The number of esters is 1. The lowest BCUT2D eigenvalue weighted by Crippen LogP contribution is -2.10. The highest BCUT2D eigenvalue weighted by Crippen LogP contribution is 2.12. The molecule has 1 aromatic heterocycles. The zero-order chi connectivity index (χ0) is 10.6. The third kappa shape index (κ3) is 2.53. The Balaban J connectivity index is 2.99. The first kappa shape index (κ1) is 11.2. The fourth-order valence-electron chi connectivity index (χ4n) is 0.792. The van der Waals surface area contributed by atoms with E-state index in [1.54, 1.807) is 6.92 Å². The number of carbonyl (C=O) groups is 1. The van der Waals surface area contributed by atoms with Gasteiger partial charge in [0.15, 0.2) is 5.69 Å². The van der Waals surface area contributed by atoms with Gasteiger partial charge in [-0.2, -0.15) is 4.98 Å². The number of halogens is 1. The normalized spacial score (nSPS) is 9.64. The smallest absolute Gasteiger partial charge is 0.358 e. The summed E-state index contributed by atoms with van der Waals surface area (Å²) >= 11 is 1.97. The molecule has 0 spiro atoms. The van der Waals surface area contributed by atoms with Gasteiger partial charge in [0, 0.05) is 6.20 Å². The van der Waals surface area contributed by atoms with Crippen molar-refractivity contribution in [3.63, 3.8) is 0 Å². The predicted octanol–water partition coefficient (Wildman–Crippen LogP) is 1.27. The second-order valence-electron chi connectivity index (χ2n) is 2.27. The molecule has 0 aliphatic heterocycles. The Labute approximate surface area is 95.0 Å². The molecule has 6 heteroatoms. The molecule has 0 fully saturated rings. The van der Waals surface area contributed by atoms with Gasteiger partial charge in [0.25, 0.3) is 0 Å². The SMILES string of the molecule is CCOC(=O)c1nc(OC)ncc1I. The van der Waals surface area contributed by atoms with Crippen LogP contribution in [0, 0.1) is 3.57 Å². The highest BCUT2D eigenvalue weighted by Gasteiger charge is 2.14. The van der Waals surface area contributed by atoms with Crippen molar-refractivity contribution in [2.75, 3.05) is 13.7 Å². The predicted molar refractivity (Wildman–Crippen MR) is 57.3 cm³/mol. The monoisotopic (exact) mass is 308 g/mol. The lowest BCUT2D eigenvalue weighted by molar-refractivity contribution is 0.0516. The van der Waals surface area contributed by atoms with Gasteiger partial charge in [-0.05, 0) is 29.5 Å². The van der Waals surface area contributed by atoms with Crippen LogP contribution < -0.4 is 4.74 Å². The molecule has 0 unspecified atom stereocenters. The molecule has 76 valence electrons. The lowest BCUT2D eigenvalue weighted by Gasteiger charge is -2.04. The molecule has 1 heterocycles. The average molecular weight is 308 g/mol. The van der Waals surface area contributed by atoms with E-state index in [4.69, 9.17) is 9.47 Å². The third-order valence-corrected chi connectivity index (χ3v) is 2.16. The summed E-state index contributed by atoms with van der Waals surface area (Å²) in [5, 5.41) is 0. The zero-order valence-corrected chi connectivity index (χ0v) is 9.94. The molecule has 0 atom stereocenters. The van der Waals surface area contributed by atoms with E-state index < -0.39 is 5.97 Å². The first-order valence-electron chi connectivity index (χ1n) is 3.92. The van der Waals surface area contributed by atoms with Crippen LogP contribution >= 0.6 is 22.6 Å². The van der Waals surface area contributed by atoms with Crippen LogP contribution in [0.3, 0.4) is 0 Å². The molecule has 0 aliphatic carbocycles. The first-order valence-corrected chi connectivity index (χ1v) is 5.00. The average Bonchev–Trinajstić information content (AvgIpc) is 2.19. The highest BCUT2D eigenvalue weighted by molar-refractivity contribution is 14.1. The number of ether oxygens (including phenoxy) is 2. The minimum Gasteiger partial charge on any atom is -0.467 e. The molecular formula is C8H9IN2O3. The van der Waals surface area contributed by atoms with Gasteiger partial charge in [0.1, 0.15) is 0 Å². The van der Waals surface area contributed by atoms with Crippen LogP contribution in [0.5, 0.6) is 6.01 Å². The maximum Gasteiger partial charge on any atom is 0.358 e. The largest absolute Gasteiger partial charge is 0.467 e. The van der Waals surface area contributed by atoms with Crippen molar-refractivity contribution >= 4 is 28.6 Å². The zero-order valence-electron chi connectivity index (χ0n) is 7.78. The summed E-state index contributed by atoms with van der Waals surface area (Å²) in [6.45, 7) is 2.06. The number of hydrogen-bond acceptors (Lipinski definition) is 5. The minimum absolute atomic E-state index is 0.161. The van der Waals surface area contributed by atoms with Gasteiger partial charge in [-0.1, -0.05) is 0 Å². The number of hydrogen-bond donors (Lipinski definition) is 0. The summed E-state index contributed by atoms with van der Waals surface area (Å²) in [4.78, 5) is 19.1. The van der Waals surface area contributed by atoms with E-state index in [1.807, 2.05) is 22.6 Å². The van der Waals surface area contributed by atoms with Gasteiger partial charge in [0.2, 0.25) is 0 Å². The number of carbonyl (C=O) groups excluding carboxylic acids is 1. The molecule has 1 rings (SSSR count). The van der Waals surface area contributed by atoms with Crippen LogP contribution in [0.2, 0.25) is 0 Å². The maximum atomic E-state index is 11.4. The summed E-state index contributed by atoms with van der Waals surface area (Å²) < 4.78 is 10.3. The molecule has 0 saturated carbocycles. The second-order valence-corrected chi connectivity index (χ2v) is 3.44. The van der Waals surface area contributed by atoms with E-state index in [9.17, 15) is 4.79 Å². The molecule has 0 aromatic carbocycles. The Hall–Kier alpha value is -0.920. The van der Waals surface area contributed by atoms with Gasteiger partial charge in [0.05, 0.1) is 17.3 Å². The third-order valence-electron chi connectivity index (χ3n) is 1.37. The highest BCUT2D eigenvalue weighted by atomic mass is 127. The molecule has 0 saturated heterocycles. The van der Waals surface area contributed by atoms with E-state index in [0.717, 1.165) is 0 Å². The number of rotatable bonds is 3.